The molecule has 0 aliphatic carbocycles. The zero-order chi connectivity index (χ0) is 26.8. The van der Waals surface area contributed by atoms with Crippen LogP contribution in [0.2, 0.25) is 0 Å². The average Bonchev–Trinajstić information content (AvgIpc) is 3.33. The van der Waals surface area contributed by atoms with Crippen LogP contribution in [-0.4, -0.2) is 27.6 Å². The Morgan fingerprint density at radius 1 is 1.08 bits per heavy atom. The summed E-state index contributed by atoms with van der Waals surface area (Å²) in [7, 11) is 0. The van der Waals surface area contributed by atoms with Gasteiger partial charge in [0.15, 0.2) is 5.78 Å². The van der Waals surface area contributed by atoms with Crippen molar-refractivity contribution in [2.24, 2.45) is 0 Å². The van der Waals surface area contributed by atoms with Crippen molar-refractivity contribution in [3.63, 3.8) is 0 Å². The highest BCUT2D eigenvalue weighted by Gasteiger charge is 2.38. The highest BCUT2D eigenvalue weighted by molar-refractivity contribution is 6.01. The quantitative estimate of drug-likeness (QED) is 0.251. The number of nitrogens with zero attached hydrogens (tertiary/aromatic N) is 2. The molecule has 3 aromatic rings. The third kappa shape index (κ3) is 5.34. The van der Waals surface area contributed by atoms with E-state index in [1.807, 2.05) is 48.9 Å². The highest BCUT2D eigenvalue weighted by atomic mass is 16.5. The second-order valence-electron chi connectivity index (χ2n) is 11.1. The summed E-state index contributed by atoms with van der Waals surface area (Å²) in [5.74, 6) is 0.539. The smallest absolute Gasteiger partial charge is 0.338 e. The summed E-state index contributed by atoms with van der Waals surface area (Å²) >= 11 is 0. The molecular weight excluding hydrogens is 462 g/mol. The Labute approximate surface area is 220 Å². The first-order valence-corrected chi connectivity index (χ1v) is 13.3. The fourth-order valence-electron chi connectivity index (χ4n) is 5.49. The minimum Gasteiger partial charge on any atom is -0.459 e. The molecule has 0 amide bonds. The van der Waals surface area contributed by atoms with Crippen LogP contribution in [0, 0.1) is 0 Å². The predicted molar refractivity (Wildman–Crippen MR) is 147 cm³/mol. The number of fused-ring (bicyclic) bond motifs is 1. The Kier molecular flexibility index (Phi) is 7.58. The number of ether oxygens (including phenoxy) is 1. The van der Waals surface area contributed by atoms with Crippen molar-refractivity contribution in [3.8, 4) is 0 Å². The second kappa shape index (κ2) is 10.5. The van der Waals surface area contributed by atoms with Gasteiger partial charge in [0.05, 0.1) is 35.0 Å². The van der Waals surface area contributed by atoms with Gasteiger partial charge in [-0.2, -0.15) is 5.10 Å². The number of hydrogen-bond donors (Lipinski definition) is 1. The van der Waals surface area contributed by atoms with E-state index in [2.05, 4.69) is 50.2 Å². The maximum absolute atomic E-state index is 13.9. The van der Waals surface area contributed by atoms with Crippen LogP contribution >= 0.6 is 0 Å². The predicted octanol–water partition coefficient (Wildman–Crippen LogP) is 7.07. The van der Waals surface area contributed by atoms with Gasteiger partial charge in [0.2, 0.25) is 0 Å². The van der Waals surface area contributed by atoms with Crippen molar-refractivity contribution in [2.45, 2.75) is 90.3 Å². The minimum atomic E-state index is -0.338. The van der Waals surface area contributed by atoms with E-state index in [0.29, 0.717) is 17.5 Å². The summed E-state index contributed by atoms with van der Waals surface area (Å²) in [6.07, 6.45) is 4.41. The van der Waals surface area contributed by atoms with Crippen LogP contribution in [0.4, 0.5) is 5.82 Å². The van der Waals surface area contributed by atoms with E-state index in [1.165, 1.54) is 5.56 Å². The van der Waals surface area contributed by atoms with Gasteiger partial charge in [-0.25, -0.2) is 9.48 Å². The Hall–Kier alpha value is -3.41. The molecule has 1 aliphatic rings. The second-order valence-corrected chi connectivity index (χ2v) is 11.1. The summed E-state index contributed by atoms with van der Waals surface area (Å²) in [4.78, 5) is 26.2. The molecule has 4 rings (SSSR count). The van der Waals surface area contributed by atoms with E-state index in [9.17, 15) is 9.59 Å². The maximum atomic E-state index is 13.9. The third-order valence-corrected chi connectivity index (χ3v) is 7.79. The number of rotatable bonds is 9. The van der Waals surface area contributed by atoms with Crippen LogP contribution in [0.1, 0.15) is 105 Å². The Morgan fingerprint density at radius 3 is 2.32 bits per heavy atom. The SMILES string of the molecule is CCC(CC)(CC(=O)c1cnn2c1NC(c1ccccc1)CC2(C)C)c1ccc(C(=O)OC(C)C)cc1. The van der Waals surface area contributed by atoms with Gasteiger partial charge in [-0.05, 0) is 70.2 Å². The molecule has 1 unspecified atom stereocenters. The molecule has 1 aliphatic heterocycles. The zero-order valence-electron chi connectivity index (χ0n) is 22.9. The molecule has 1 atom stereocenters. The molecule has 0 bridgehead atoms. The number of carbonyl (C=O) groups excluding carboxylic acids is 2. The van der Waals surface area contributed by atoms with Gasteiger partial charge in [-0.1, -0.05) is 56.3 Å². The molecule has 6 heteroatoms. The lowest BCUT2D eigenvalue weighted by atomic mass is 9.71. The molecule has 2 aromatic carbocycles. The highest BCUT2D eigenvalue weighted by Crippen LogP contribution is 2.42. The van der Waals surface area contributed by atoms with E-state index in [4.69, 9.17) is 4.74 Å². The number of benzene rings is 2. The number of esters is 1. The van der Waals surface area contributed by atoms with Gasteiger partial charge in [-0.15, -0.1) is 0 Å². The molecule has 0 saturated carbocycles. The Morgan fingerprint density at radius 2 is 1.73 bits per heavy atom. The van der Waals surface area contributed by atoms with E-state index >= 15 is 0 Å². The summed E-state index contributed by atoms with van der Waals surface area (Å²) in [6.45, 7) is 12.3. The molecule has 0 saturated heterocycles. The fourth-order valence-corrected chi connectivity index (χ4v) is 5.49. The molecule has 6 nitrogen and oxygen atoms in total. The summed E-state index contributed by atoms with van der Waals surface area (Å²) in [5, 5.41) is 8.27. The number of Topliss-reactive ketones (excluding diaryl/α,β-unsaturated/α-hetero) is 1. The summed E-state index contributed by atoms with van der Waals surface area (Å²) < 4.78 is 7.30. The lowest BCUT2D eigenvalue weighted by Crippen LogP contribution is -2.38. The number of anilines is 1. The molecule has 0 fully saturated rings. The first-order valence-electron chi connectivity index (χ1n) is 13.3. The maximum Gasteiger partial charge on any atom is 0.338 e. The zero-order valence-corrected chi connectivity index (χ0v) is 22.9. The number of aromatic nitrogens is 2. The van der Waals surface area contributed by atoms with Crippen LogP contribution in [0.15, 0.2) is 60.8 Å². The first kappa shape index (κ1) is 26.6. The lowest BCUT2D eigenvalue weighted by Gasteiger charge is -2.38. The summed E-state index contributed by atoms with van der Waals surface area (Å²) in [5.41, 5.74) is 2.85. The van der Waals surface area contributed by atoms with Crippen molar-refractivity contribution >= 4 is 17.6 Å². The summed E-state index contributed by atoms with van der Waals surface area (Å²) in [6, 6.07) is 18.0. The van der Waals surface area contributed by atoms with Crippen molar-refractivity contribution in [1.82, 2.24) is 9.78 Å². The topological polar surface area (TPSA) is 73.2 Å². The van der Waals surface area contributed by atoms with E-state index in [1.54, 1.807) is 18.3 Å². The van der Waals surface area contributed by atoms with Crippen LogP contribution in [-0.2, 0) is 15.7 Å². The molecular formula is C31H39N3O3. The molecule has 1 N–H and O–H groups in total. The van der Waals surface area contributed by atoms with Crippen LogP contribution in [0.5, 0.6) is 0 Å². The van der Waals surface area contributed by atoms with Crippen molar-refractivity contribution in [3.05, 3.63) is 83.0 Å². The number of ketones is 1. The standard InChI is InChI=1S/C31H39N3O3/c1-7-31(8-2,24-16-14-23(15-17-24)29(36)37-21(3)4)19-27(35)25-20-32-34-28(25)33-26(18-30(34,5)6)22-12-10-9-11-13-22/h9-17,20-21,26,33H,7-8,18-19H2,1-6H3. The van der Waals surface area contributed by atoms with Crippen LogP contribution in [0.3, 0.4) is 0 Å². The molecule has 2 heterocycles. The molecule has 0 radical (unpaired) electrons. The van der Waals surface area contributed by atoms with Crippen molar-refractivity contribution in [2.75, 3.05) is 5.32 Å². The van der Waals surface area contributed by atoms with Crippen LogP contribution in [0.25, 0.3) is 0 Å². The molecule has 0 spiro atoms. The lowest BCUT2D eigenvalue weighted by molar-refractivity contribution is 0.0377. The normalized spacial score (nSPS) is 16.7. The fraction of sp³-hybridized carbons (Fsp3) is 0.452. The van der Waals surface area contributed by atoms with Crippen molar-refractivity contribution in [1.29, 1.82) is 0 Å². The van der Waals surface area contributed by atoms with Gasteiger partial charge in [0, 0.05) is 11.8 Å². The Bertz CT molecular complexity index is 1240. The molecule has 37 heavy (non-hydrogen) atoms. The Balaban J connectivity index is 1.61. The third-order valence-electron chi connectivity index (χ3n) is 7.79. The first-order chi connectivity index (χ1) is 17.6. The number of carbonyl (C=O) groups is 2. The monoisotopic (exact) mass is 501 g/mol. The number of nitrogens with one attached hydrogen (secondary N) is 1. The van der Waals surface area contributed by atoms with Gasteiger partial charge in [0.1, 0.15) is 5.82 Å². The van der Waals surface area contributed by atoms with E-state index in [0.717, 1.165) is 30.6 Å². The van der Waals surface area contributed by atoms with Gasteiger partial charge in [0.25, 0.3) is 0 Å². The number of hydrogen-bond acceptors (Lipinski definition) is 5. The van der Waals surface area contributed by atoms with Crippen LogP contribution < -0.4 is 5.32 Å². The van der Waals surface area contributed by atoms with E-state index < -0.39 is 0 Å². The molecule has 1 aromatic heterocycles. The van der Waals surface area contributed by atoms with Gasteiger partial charge < -0.3 is 10.1 Å². The van der Waals surface area contributed by atoms with Gasteiger partial charge in [-0.3, -0.25) is 4.79 Å². The van der Waals surface area contributed by atoms with Crippen molar-refractivity contribution < 1.29 is 14.3 Å². The van der Waals surface area contributed by atoms with Gasteiger partial charge >= 0.3 is 5.97 Å². The molecule has 196 valence electrons. The van der Waals surface area contributed by atoms with E-state index in [-0.39, 0.29) is 34.9 Å². The average molecular weight is 502 g/mol. The minimum absolute atomic E-state index is 0.0743. The largest absolute Gasteiger partial charge is 0.459 e.